The van der Waals surface area contributed by atoms with E-state index < -0.39 is 0 Å². The Bertz CT molecular complexity index is 779. The Kier molecular flexibility index (Phi) is 8.14. The largest absolute Gasteiger partial charge is 0.469 e. The lowest BCUT2D eigenvalue weighted by atomic mass is 10.2. The number of guanidine groups is 1. The van der Waals surface area contributed by atoms with Gasteiger partial charge in [0.2, 0.25) is 0 Å². The van der Waals surface area contributed by atoms with Crippen LogP contribution in [0.3, 0.4) is 0 Å². The Hall–Kier alpha value is -1.84. The zero-order valence-electron chi connectivity index (χ0n) is 16.5. The van der Waals surface area contributed by atoms with Crippen LogP contribution in [0, 0.1) is 5.82 Å². The minimum absolute atomic E-state index is 0. The summed E-state index contributed by atoms with van der Waals surface area (Å²) in [5.74, 6) is 1.97. The van der Waals surface area contributed by atoms with Crippen molar-refractivity contribution in [2.24, 2.45) is 4.99 Å². The lowest BCUT2D eigenvalue weighted by Gasteiger charge is -2.22. The van der Waals surface area contributed by atoms with Gasteiger partial charge in [-0.05, 0) is 43.5 Å². The number of aromatic nitrogens is 1. The van der Waals surface area contributed by atoms with Gasteiger partial charge in [0, 0.05) is 44.3 Å². The van der Waals surface area contributed by atoms with E-state index in [1.54, 1.807) is 18.5 Å². The molecule has 1 atom stereocenters. The van der Waals surface area contributed by atoms with Gasteiger partial charge >= 0.3 is 0 Å². The second-order valence-corrected chi connectivity index (χ2v) is 7.57. The third-order valence-corrected chi connectivity index (χ3v) is 5.47. The number of nitrogens with zero attached hydrogens (tertiary/aromatic N) is 3. The highest BCUT2D eigenvalue weighted by molar-refractivity contribution is 14.0. The number of hydrogen-bond acceptors (Lipinski definition) is 4. The number of rotatable bonds is 6. The second-order valence-electron chi connectivity index (χ2n) is 7.57. The second kappa shape index (κ2) is 10.8. The van der Waals surface area contributed by atoms with Crippen molar-refractivity contribution in [2.75, 3.05) is 24.5 Å². The summed E-state index contributed by atoms with van der Waals surface area (Å²) in [7, 11) is 0. The SMILES string of the molecule is Fc1cccnc1N1CCC(NC(=NCCc2ccco2)NC2CCCC2)C1.I. The van der Waals surface area contributed by atoms with Gasteiger partial charge in [0.25, 0.3) is 0 Å². The van der Waals surface area contributed by atoms with Crippen LogP contribution >= 0.6 is 24.0 Å². The van der Waals surface area contributed by atoms with Crippen molar-refractivity contribution in [1.82, 2.24) is 15.6 Å². The first kappa shape index (κ1) is 21.9. The van der Waals surface area contributed by atoms with Crippen molar-refractivity contribution < 1.29 is 8.81 Å². The molecule has 0 aromatic carbocycles. The molecule has 1 unspecified atom stereocenters. The van der Waals surface area contributed by atoms with Crippen LogP contribution in [0.5, 0.6) is 0 Å². The molecule has 29 heavy (non-hydrogen) atoms. The zero-order chi connectivity index (χ0) is 19.2. The smallest absolute Gasteiger partial charge is 0.191 e. The number of nitrogens with one attached hydrogen (secondary N) is 2. The fraction of sp³-hybridized carbons (Fsp3) is 0.524. The summed E-state index contributed by atoms with van der Waals surface area (Å²) in [6.07, 6.45) is 9.96. The van der Waals surface area contributed by atoms with Gasteiger partial charge in [0.1, 0.15) is 5.76 Å². The van der Waals surface area contributed by atoms with Gasteiger partial charge in [-0.25, -0.2) is 9.37 Å². The average Bonchev–Trinajstić information content (AvgIpc) is 3.45. The van der Waals surface area contributed by atoms with Crippen LogP contribution in [-0.2, 0) is 6.42 Å². The third-order valence-electron chi connectivity index (χ3n) is 5.47. The standard InChI is InChI=1S/C21H28FN5O.HI/c22-19-8-3-11-23-20(19)27-13-10-17(15-27)26-21(25-16-5-1-2-6-16)24-12-9-18-7-4-14-28-18;/h3-4,7-8,11,14,16-17H,1-2,5-6,9-10,12-13,15H2,(H2,24,25,26);1H. The van der Waals surface area contributed by atoms with Gasteiger partial charge < -0.3 is 20.0 Å². The lowest BCUT2D eigenvalue weighted by molar-refractivity contribution is 0.510. The third kappa shape index (κ3) is 6.07. The van der Waals surface area contributed by atoms with Gasteiger partial charge in [-0.1, -0.05) is 12.8 Å². The first-order valence-corrected chi connectivity index (χ1v) is 10.2. The fourth-order valence-electron chi connectivity index (χ4n) is 4.00. The summed E-state index contributed by atoms with van der Waals surface area (Å²) >= 11 is 0. The van der Waals surface area contributed by atoms with Crippen LogP contribution in [0.2, 0.25) is 0 Å². The Morgan fingerprint density at radius 1 is 1.17 bits per heavy atom. The normalized spacial score (nSPS) is 20.0. The van der Waals surface area contributed by atoms with Crippen LogP contribution in [0.1, 0.15) is 37.9 Å². The quantitative estimate of drug-likeness (QED) is 0.350. The molecule has 0 amide bonds. The summed E-state index contributed by atoms with van der Waals surface area (Å²) < 4.78 is 19.4. The monoisotopic (exact) mass is 513 g/mol. The van der Waals surface area contributed by atoms with E-state index in [9.17, 15) is 4.39 Å². The molecular weight excluding hydrogens is 484 g/mol. The van der Waals surface area contributed by atoms with Crippen LogP contribution in [0.25, 0.3) is 0 Å². The molecular formula is C21H29FIN5O. The first-order chi connectivity index (χ1) is 13.8. The van der Waals surface area contributed by atoms with E-state index in [0.717, 1.165) is 37.7 Å². The molecule has 6 nitrogen and oxygen atoms in total. The van der Waals surface area contributed by atoms with E-state index >= 15 is 0 Å². The number of halogens is 2. The molecule has 1 saturated carbocycles. The van der Waals surface area contributed by atoms with Gasteiger partial charge in [0.05, 0.1) is 6.26 Å². The van der Waals surface area contributed by atoms with Crippen molar-refractivity contribution in [3.05, 3.63) is 48.3 Å². The highest BCUT2D eigenvalue weighted by Crippen LogP contribution is 2.21. The Labute approximate surface area is 188 Å². The van der Waals surface area contributed by atoms with Crippen molar-refractivity contribution in [3.8, 4) is 0 Å². The molecule has 4 rings (SSSR count). The van der Waals surface area contributed by atoms with Gasteiger partial charge in [0.15, 0.2) is 17.6 Å². The van der Waals surface area contributed by atoms with Crippen molar-refractivity contribution >= 4 is 35.8 Å². The zero-order valence-corrected chi connectivity index (χ0v) is 18.8. The van der Waals surface area contributed by atoms with Crippen molar-refractivity contribution in [1.29, 1.82) is 0 Å². The molecule has 2 aromatic rings. The molecule has 2 fully saturated rings. The van der Waals surface area contributed by atoms with E-state index in [0.29, 0.717) is 18.4 Å². The van der Waals surface area contributed by atoms with E-state index in [1.807, 2.05) is 17.0 Å². The molecule has 0 spiro atoms. The number of pyridine rings is 1. The predicted octanol–water partition coefficient (Wildman–Crippen LogP) is 3.73. The minimum Gasteiger partial charge on any atom is -0.469 e. The molecule has 0 radical (unpaired) electrons. The first-order valence-electron chi connectivity index (χ1n) is 10.2. The Balaban J connectivity index is 0.00000240. The van der Waals surface area contributed by atoms with Crippen LogP contribution in [0.15, 0.2) is 46.1 Å². The Morgan fingerprint density at radius 2 is 2.00 bits per heavy atom. The van der Waals surface area contributed by atoms with Crippen LogP contribution in [0.4, 0.5) is 10.2 Å². The van der Waals surface area contributed by atoms with E-state index in [-0.39, 0.29) is 35.8 Å². The molecule has 1 aliphatic carbocycles. The van der Waals surface area contributed by atoms with E-state index in [2.05, 4.69) is 15.6 Å². The number of anilines is 1. The molecule has 1 saturated heterocycles. The molecule has 0 bridgehead atoms. The summed E-state index contributed by atoms with van der Waals surface area (Å²) in [6, 6.07) is 7.67. The number of aliphatic imine (C=N–C) groups is 1. The predicted molar refractivity (Wildman–Crippen MR) is 123 cm³/mol. The maximum atomic E-state index is 14.0. The minimum atomic E-state index is -0.264. The molecule has 2 aliphatic rings. The molecule has 2 N–H and O–H groups in total. The van der Waals surface area contributed by atoms with Gasteiger partial charge in [-0.15, -0.1) is 24.0 Å². The van der Waals surface area contributed by atoms with Crippen molar-refractivity contribution in [2.45, 2.75) is 50.6 Å². The highest BCUT2D eigenvalue weighted by Gasteiger charge is 2.26. The van der Waals surface area contributed by atoms with Crippen LogP contribution < -0.4 is 15.5 Å². The molecule has 158 valence electrons. The van der Waals surface area contributed by atoms with Crippen molar-refractivity contribution in [3.63, 3.8) is 0 Å². The number of hydrogen-bond donors (Lipinski definition) is 2. The number of furan rings is 1. The topological polar surface area (TPSA) is 65.7 Å². The van der Waals surface area contributed by atoms with Gasteiger partial charge in [-0.2, -0.15) is 0 Å². The summed E-state index contributed by atoms with van der Waals surface area (Å²) in [5.41, 5.74) is 0. The van der Waals surface area contributed by atoms with E-state index in [1.165, 1.54) is 31.7 Å². The molecule has 8 heteroatoms. The fourth-order valence-corrected chi connectivity index (χ4v) is 4.00. The maximum Gasteiger partial charge on any atom is 0.191 e. The summed E-state index contributed by atoms with van der Waals surface area (Å²) in [4.78, 5) is 11.0. The Morgan fingerprint density at radius 3 is 2.76 bits per heavy atom. The summed E-state index contributed by atoms with van der Waals surface area (Å²) in [5, 5.41) is 7.15. The highest BCUT2D eigenvalue weighted by atomic mass is 127. The lowest BCUT2D eigenvalue weighted by Crippen LogP contribution is -2.47. The van der Waals surface area contributed by atoms with Crippen LogP contribution in [-0.4, -0.2) is 42.7 Å². The molecule has 2 aromatic heterocycles. The molecule has 3 heterocycles. The van der Waals surface area contributed by atoms with E-state index in [4.69, 9.17) is 9.41 Å². The summed E-state index contributed by atoms with van der Waals surface area (Å²) in [6.45, 7) is 2.17. The molecule has 1 aliphatic heterocycles. The van der Waals surface area contributed by atoms with Gasteiger partial charge in [-0.3, -0.25) is 4.99 Å². The average molecular weight is 513 g/mol. The maximum absolute atomic E-state index is 14.0.